The Morgan fingerprint density at radius 3 is 2.79 bits per heavy atom. The molecule has 28 heavy (non-hydrogen) atoms. The summed E-state index contributed by atoms with van der Waals surface area (Å²) in [6.45, 7) is 1.33. The van der Waals surface area contributed by atoms with Crippen molar-refractivity contribution >= 4 is 46.5 Å². The number of carbonyl (C=O) groups excluding carboxylic acids is 1. The molecule has 2 heterocycles. The van der Waals surface area contributed by atoms with E-state index in [0.717, 1.165) is 36.2 Å². The van der Waals surface area contributed by atoms with Crippen LogP contribution in [-0.2, 0) is 9.53 Å². The van der Waals surface area contributed by atoms with Crippen LogP contribution in [0.4, 0.5) is 5.69 Å². The van der Waals surface area contributed by atoms with Crippen molar-refractivity contribution in [3.63, 3.8) is 0 Å². The number of esters is 1. The maximum Gasteiger partial charge on any atom is 0.313 e. The van der Waals surface area contributed by atoms with Gasteiger partial charge in [0.05, 0.1) is 40.1 Å². The van der Waals surface area contributed by atoms with Crippen LogP contribution >= 0.6 is 34.8 Å². The second-order valence-corrected chi connectivity index (χ2v) is 8.47. The quantitative estimate of drug-likeness (QED) is 0.673. The van der Waals surface area contributed by atoms with Crippen molar-refractivity contribution in [1.82, 2.24) is 9.78 Å². The standard InChI is InChI=1S/C19H18Cl3N3O3/c1-28-18(27)19-6-2-3-11(19)9-24(10-19)15-5-4-12(7-13(15)20)25-17(26)16(22)14(21)8-23-25/h4-5,7-8,11H,2-3,6,9-10H2,1H3. The lowest BCUT2D eigenvalue weighted by Gasteiger charge is -2.26. The van der Waals surface area contributed by atoms with Gasteiger partial charge in [0.2, 0.25) is 0 Å². The summed E-state index contributed by atoms with van der Waals surface area (Å²) in [4.78, 5) is 26.9. The van der Waals surface area contributed by atoms with Crippen LogP contribution in [0.1, 0.15) is 19.3 Å². The van der Waals surface area contributed by atoms with Gasteiger partial charge in [-0.05, 0) is 37.0 Å². The van der Waals surface area contributed by atoms with Crippen molar-refractivity contribution < 1.29 is 9.53 Å². The summed E-state index contributed by atoms with van der Waals surface area (Å²) in [7, 11) is 1.44. The number of nitrogens with zero attached hydrogens (tertiary/aromatic N) is 3. The molecule has 1 saturated carbocycles. The number of aromatic nitrogens is 2. The molecular formula is C19H18Cl3N3O3. The van der Waals surface area contributed by atoms with Gasteiger partial charge in [-0.2, -0.15) is 9.78 Å². The number of methoxy groups -OCH3 is 1. The number of hydrogen-bond donors (Lipinski definition) is 0. The minimum atomic E-state index is -0.515. The fourth-order valence-corrected chi connectivity index (χ4v) is 5.04. The molecule has 2 aromatic rings. The smallest absolute Gasteiger partial charge is 0.313 e. The normalized spacial score (nSPS) is 23.7. The van der Waals surface area contributed by atoms with Crippen LogP contribution in [0.2, 0.25) is 15.1 Å². The van der Waals surface area contributed by atoms with E-state index in [1.807, 2.05) is 6.07 Å². The van der Waals surface area contributed by atoms with E-state index < -0.39 is 11.0 Å². The van der Waals surface area contributed by atoms with Crippen LogP contribution in [0.25, 0.3) is 5.69 Å². The summed E-state index contributed by atoms with van der Waals surface area (Å²) in [5.41, 5.74) is 0.327. The van der Waals surface area contributed by atoms with Gasteiger partial charge >= 0.3 is 5.97 Å². The van der Waals surface area contributed by atoms with Crippen molar-refractivity contribution in [1.29, 1.82) is 0 Å². The molecule has 1 aliphatic heterocycles. The molecule has 6 nitrogen and oxygen atoms in total. The third-order valence-electron chi connectivity index (χ3n) is 5.86. The van der Waals surface area contributed by atoms with E-state index in [-0.39, 0.29) is 21.9 Å². The zero-order chi connectivity index (χ0) is 20.1. The Morgan fingerprint density at radius 2 is 2.07 bits per heavy atom. The Morgan fingerprint density at radius 1 is 1.29 bits per heavy atom. The van der Waals surface area contributed by atoms with Crippen LogP contribution in [-0.4, -0.2) is 35.9 Å². The van der Waals surface area contributed by atoms with Gasteiger partial charge in [0.15, 0.2) is 0 Å². The highest BCUT2D eigenvalue weighted by molar-refractivity contribution is 6.41. The summed E-state index contributed by atoms with van der Waals surface area (Å²) in [5.74, 6) is 0.117. The number of ether oxygens (including phenoxy) is 1. The fourth-order valence-electron chi connectivity index (χ4n) is 4.49. The zero-order valence-corrected chi connectivity index (χ0v) is 17.4. The summed E-state index contributed by atoms with van der Waals surface area (Å²) in [5, 5.41) is 4.50. The first-order valence-corrected chi connectivity index (χ1v) is 10.1. The second kappa shape index (κ2) is 7.25. The number of hydrogen-bond acceptors (Lipinski definition) is 5. The summed E-state index contributed by atoms with van der Waals surface area (Å²) in [6, 6.07) is 5.24. The molecule has 0 amide bonds. The third kappa shape index (κ3) is 2.98. The van der Waals surface area contributed by atoms with Crippen molar-refractivity contribution in [2.24, 2.45) is 11.3 Å². The average molecular weight is 443 g/mol. The van der Waals surface area contributed by atoms with Crippen molar-refractivity contribution in [2.45, 2.75) is 19.3 Å². The number of benzene rings is 1. The Balaban J connectivity index is 1.66. The van der Waals surface area contributed by atoms with Crippen LogP contribution in [0, 0.1) is 11.3 Å². The molecule has 0 bridgehead atoms. The maximum absolute atomic E-state index is 12.5. The highest BCUT2D eigenvalue weighted by atomic mass is 35.5. The predicted molar refractivity (Wildman–Crippen MR) is 109 cm³/mol. The van der Waals surface area contributed by atoms with Crippen molar-refractivity contribution in [3.05, 3.63) is 49.8 Å². The first kappa shape index (κ1) is 19.6. The van der Waals surface area contributed by atoms with Gasteiger partial charge in [-0.1, -0.05) is 41.2 Å². The van der Waals surface area contributed by atoms with Crippen LogP contribution < -0.4 is 10.5 Å². The number of rotatable bonds is 3. The van der Waals surface area contributed by atoms with Crippen LogP contribution in [0.3, 0.4) is 0 Å². The zero-order valence-electron chi connectivity index (χ0n) is 15.1. The third-order valence-corrected chi connectivity index (χ3v) is 6.91. The molecule has 0 spiro atoms. The minimum Gasteiger partial charge on any atom is -0.469 e. The van der Waals surface area contributed by atoms with E-state index in [4.69, 9.17) is 39.5 Å². The molecule has 0 N–H and O–H groups in total. The second-order valence-electron chi connectivity index (χ2n) is 7.28. The molecule has 9 heteroatoms. The average Bonchev–Trinajstić information content (AvgIpc) is 3.24. The Hall–Kier alpha value is -1.76. The predicted octanol–water partition coefficient (Wildman–Crippen LogP) is 3.97. The fraction of sp³-hybridized carbons (Fsp3) is 0.421. The van der Waals surface area contributed by atoms with E-state index in [0.29, 0.717) is 17.3 Å². The van der Waals surface area contributed by atoms with E-state index in [9.17, 15) is 9.59 Å². The summed E-state index contributed by atoms with van der Waals surface area (Å²) >= 11 is 18.3. The van der Waals surface area contributed by atoms with Gasteiger partial charge < -0.3 is 9.64 Å². The molecule has 1 saturated heterocycles. The Kier molecular flexibility index (Phi) is 5.06. The van der Waals surface area contributed by atoms with E-state index in [1.54, 1.807) is 12.1 Å². The molecule has 2 aliphatic rings. The molecule has 2 unspecified atom stereocenters. The van der Waals surface area contributed by atoms with Gasteiger partial charge in [0.25, 0.3) is 5.56 Å². The number of carbonyl (C=O) groups is 1. The van der Waals surface area contributed by atoms with Crippen molar-refractivity contribution in [2.75, 3.05) is 25.1 Å². The lowest BCUT2D eigenvalue weighted by atomic mass is 9.81. The van der Waals surface area contributed by atoms with Gasteiger partial charge in [-0.3, -0.25) is 9.59 Å². The topological polar surface area (TPSA) is 64.4 Å². The molecule has 1 aliphatic carbocycles. The van der Waals surface area contributed by atoms with Crippen LogP contribution in [0.15, 0.2) is 29.2 Å². The van der Waals surface area contributed by atoms with E-state index >= 15 is 0 Å². The lowest BCUT2D eigenvalue weighted by molar-refractivity contribution is -0.152. The molecule has 1 aromatic carbocycles. The molecule has 148 valence electrons. The number of anilines is 1. The monoisotopic (exact) mass is 441 g/mol. The maximum atomic E-state index is 12.5. The highest BCUT2D eigenvalue weighted by Gasteiger charge is 2.55. The minimum absolute atomic E-state index is 0.0933. The number of halogens is 3. The molecule has 2 fully saturated rings. The van der Waals surface area contributed by atoms with E-state index in [2.05, 4.69) is 10.00 Å². The van der Waals surface area contributed by atoms with Gasteiger partial charge in [-0.25, -0.2) is 0 Å². The first-order valence-electron chi connectivity index (χ1n) is 8.94. The van der Waals surface area contributed by atoms with Crippen molar-refractivity contribution in [3.8, 4) is 5.69 Å². The molecule has 4 rings (SSSR count). The molecular weight excluding hydrogens is 425 g/mol. The molecule has 1 aromatic heterocycles. The molecule has 2 atom stereocenters. The summed E-state index contributed by atoms with van der Waals surface area (Å²) < 4.78 is 6.25. The number of fused-ring (bicyclic) bond motifs is 1. The van der Waals surface area contributed by atoms with Gasteiger partial charge in [-0.15, -0.1) is 0 Å². The van der Waals surface area contributed by atoms with Crippen LogP contribution in [0.5, 0.6) is 0 Å². The molecule has 0 radical (unpaired) electrons. The van der Waals surface area contributed by atoms with Gasteiger partial charge in [0, 0.05) is 13.1 Å². The van der Waals surface area contributed by atoms with Gasteiger partial charge in [0.1, 0.15) is 5.02 Å². The Labute approximate surface area is 176 Å². The summed E-state index contributed by atoms with van der Waals surface area (Å²) in [6.07, 6.45) is 4.18. The first-order chi connectivity index (χ1) is 13.4. The largest absolute Gasteiger partial charge is 0.469 e. The Bertz CT molecular complexity index is 1010. The SMILES string of the molecule is COC(=O)C12CCCC1CN(c1ccc(-n3ncc(Cl)c(Cl)c3=O)cc1Cl)C2. The lowest BCUT2D eigenvalue weighted by Crippen LogP contribution is -2.37. The van der Waals surface area contributed by atoms with E-state index in [1.165, 1.54) is 13.3 Å². The highest BCUT2D eigenvalue weighted by Crippen LogP contribution is 2.51.